The molecule has 0 atom stereocenters. The molecule has 1 rings (SSSR count). The normalized spacial score (nSPS) is 10.5. The molecule has 0 aliphatic heterocycles. The Morgan fingerprint density at radius 2 is 2.00 bits per heavy atom. The molecule has 0 unspecified atom stereocenters. The topological polar surface area (TPSA) is 101 Å². The third kappa shape index (κ3) is 3.13. The summed E-state index contributed by atoms with van der Waals surface area (Å²) in [4.78, 5) is 21.0. The first-order valence-corrected chi connectivity index (χ1v) is 4.52. The summed E-state index contributed by atoms with van der Waals surface area (Å²) in [5, 5.41) is 17.2. The van der Waals surface area contributed by atoms with Crippen LogP contribution in [0.2, 0.25) is 0 Å². The zero-order chi connectivity index (χ0) is 12.1. The van der Waals surface area contributed by atoms with Gasteiger partial charge in [-0.05, 0) is 23.8 Å². The van der Waals surface area contributed by atoms with E-state index < -0.39 is 11.9 Å². The molecule has 5 nitrogen and oxygen atoms in total. The molecule has 0 aliphatic carbocycles. The Hall–Kier alpha value is -2.30. The maximum absolute atomic E-state index is 10.7. The Labute approximate surface area is 91.8 Å². The maximum atomic E-state index is 10.7. The summed E-state index contributed by atoms with van der Waals surface area (Å²) in [6, 6.07) is 4.27. The van der Waals surface area contributed by atoms with E-state index in [2.05, 4.69) is 0 Å². The molecule has 0 saturated heterocycles. The minimum atomic E-state index is -1.05. The number of nitrogen functional groups attached to an aromatic ring is 1. The molecule has 0 saturated carbocycles. The van der Waals surface area contributed by atoms with Gasteiger partial charge in [-0.3, -0.25) is 4.79 Å². The van der Waals surface area contributed by atoms with E-state index in [9.17, 15) is 9.59 Å². The highest BCUT2D eigenvalue weighted by Gasteiger charge is 2.04. The van der Waals surface area contributed by atoms with Gasteiger partial charge in [0.2, 0.25) is 0 Å². The molecular weight excluding hydrogens is 210 g/mol. The van der Waals surface area contributed by atoms with Gasteiger partial charge in [-0.15, -0.1) is 0 Å². The van der Waals surface area contributed by atoms with Gasteiger partial charge in [-0.2, -0.15) is 0 Å². The predicted molar refractivity (Wildman–Crippen MR) is 59.1 cm³/mol. The molecule has 16 heavy (non-hydrogen) atoms. The van der Waals surface area contributed by atoms with Crippen LogP contribution in [0.3, 0.4) is 0 Å². The van der Waals surface area contributed by atoms with Gasteiger partial charge < -0.3 is 15.9 Å². The minimum absolute atomic E-state index is 0.115. The van der Waals surface area contributed by atoms with Crippen LogP contribution >= 0.6 is 0 Å². The van der Waals surface area contributed by atoms with Crippen molar-refractivity contribution in [2.24, 2.45) is 0 Å². The third-order valence-corrected chi connectivity index (χ3v) is 1.92. The first kappa shape index (κ1) is 11.8. The number of aromatic carboxylic acids is 1. The van der Waals surface area contributed by atoms with Crippen molar-refractivity contribution < 1.29 is 19.8 Å². The van der Waals surface area contributed by atoms with E-state index in [0.29, 0.717) is 11.3 Å². The van der Waals surface area contributed by atoms with Crippen molar-refractivity contribution in [3.8, 4) is 0 Å². The fourth-order valence-electron chi connectivity index (χ4n) is 1.14. The Balaban J connectivity index is 2.94. The summed E-state index contributed by atoms with van der Waals surface area (Å²) in [5.41, 5.74) is 6.64. The number of nitrogens with two attached hydrogens (primary N) is 1. The molecule has 0 fully saturated rings. The fraction of sp³-hybridized carbons (Fsp3) is 0.0909. The number of hydrogen-bond donors (Lipinski definition) is 3. The molecule has 0 radical (unpaired) electrons. The van der Waals surface area contributed by atoms with Gasteiger partial charge in [0.15, 0.2) is 0 Å². The predicted octanol–water partition coefficient (Wildman–Crippen LogP) is 1.45. The van der Waals surface area contributed by atoms with Crippen LogP contribution in [-0.4, -0.2) is 22.2 Å². The summed E-state index contributed by atoms with van der Waals surface area (Å²) < 4.78 is 0. The number of carboxylic acid groups (broad SMARTS) is 2. The monoisotopic (exact) mass is 221 g/mol. The van der Waals surface area contributed by atoms with Crippen LogP contribution in [-0.2, 0) is 4.79 Å². The quantitative estimate of drug-likeness (QED) is 0.668. The zero-order valence-electron chi connectivity index (χ0n) is 8.38. The van der Waals surface area contributed by atoms with E-state index in [-0.39, 0.29) is 12.0 Å². The van der Waals surface area contributed by atoms with Crippen molar-refractivity contribution in [3.05, 3.63) is 35.4 Å². The second-order valence-corrected chi connectivity index (χ2v) is 3.15. The van der Waals surface area contributed by atoms with Gasteiger partial charge in [0, 0.05) is 5.69 Å². The van der Waals surface area contributed by atoms with Crippen LogP contribution < -0.4 is 5.73 Å². The van der Waals surface area contributed by atoms with Crippen LogP contribution in [0.1, 0.15) is 22.3 Å². The standard InChI is InChI=1S/C11H11NO4/c12-9-5-4-8(11(15)16)6-7(9)2-1-3-10(13)14/h1-2,4-6H,3,12H2,(H,13,14)(H,15,16). The van der Waals surface area contributed by atoms with E-state index in [1.54, 1.807) is 0 Å². The van der Waals surface area contributed by atoms with E-state index in [0.717, 1.165) is 0 Å². The van der Waals surface area contributed by atoms with Gasteiger partial charge in [-0.1, -0.05) is 12.2 Å². The van der Waals surface area contributed by atoms with E-state index >= 15 is 0 Å². The molecule has 4 N–H and O–H groups in total. The fourth-order valence-corrected chi connectivity index (χ4v) is 1.14. The average molecular weight is 221 g/mol. The molecule has 5 heteroatoms. The van der Waals surface area contributed by atoms with E-state index in [4.69, 9.17) is 15.9 Å². The first-order chi connectivity index (χ1) is 7.50. The first-order valence-electron chi connectivity index (χ1n) is 4.52. The number of carboxylic acids is 2. The summed E-state index contributed by atoms with van der Waals surface area (Å²) in [5.74, 6) is -2.00. The molecule has 84 valence electrons. The SMILES string of the molecule is Nc1ccc(C(=O)O)cc1C=CCC(=O)O. The Morgan fingerprint density at radius 1 is 1.31 bits per heavy atom. The maximum Gasteiger partial charge on any atom is 0.335 e. The van der Waals surface area contributed by atoms with E-state index in [1.807, 2.05) is 0 Å². The Kier molecular flexibility index (Phi) is 3.66. The van der Waals surface area contributed by atoms with Crippen LogP contribution in [0.4, 0.5) is 5.69 Å². The number of carbonyl (C=O) groups is 2. The molecular formula is C11H11NO4. The number of anilines is 1. The molecule has 0 spiro atoms. The molecule has 0 heterocycles. The van der Waals surface area contributed by atoms with E-state index in [1.165, 1.54) is 30.4 Å². The molecule has 0 aromatic heterocycles. The van der Waals surface area contributed by atoms with Gasteiger partial charge in [-0.25, -0.2) is 4.79 Å². The number of rotatable bonds is 4. The molecule has 0 bridgehead atoms. The molecule has 1 aromatic carbocycles. The lowest BCUT2D eigenvalue weighted by Gasteiger charge is -2.01. The van der Waals surface area contributed by atoms with Gasteiger partial charge >= 0.3 is 11.9 Å². The number of hydrogen-bond acceptors (Lipinski definition) is 3. The Morgan fingerprint density at radius 3 is 2.56 bits per heavy atom. The number of benzene rings is 1. The van der Waals surface area contributed by atoms with Crippen molar-refractivity contribution in [2.45, 2.75) is 6.42 Å². The van der Waals surface area contributed by atoms with Crippen LogP contribution in [0, 0.1) is 0 Å². The van der Waals surface area contributed by atoms with Crippen molar-refractivity contribution >= 4 is 23.7 Å². The summed E-state index contributed by atoms with van der Waals surface area (Å²) >= 11 is 0. The van der Waals surface area contributed by atoms with Gasteiger partial charge in [0.05, 0.1) is 12.0 Å². The zero-order valence-corrected chi connectivity index (χ0v) is 8.38. The lowest BCUT2D eigenvalue weighted by molar-refractivity contribution is -0.135. The highest BCUT2D eigenvalue weighted by molar-refractivity contribution is 5.89. The highest BCUT2D eigenvalue weighted by Crippen LogP contribution is 2.16. The van der Waals surface area contributed by atoms with Crippen molar-refractivity contribution in [1.82, 2.24) is 0 Å². The molecule has 1 aromatic rings. The largest absolute Gasteiger partial charge is 0.481 e. The summed E-state index contributed by atoms with van der Waals surface area (Å²) in [6.07, 6.45) is 2.78. The summed E-state index contributed by atoms with van der Waals surface area (Å²) in [7, 11) is 0. The second kappa shape index (κ2) is 4.97. The van der Waals surface area contributed by atoms with Crippen LogP contribution in [0.5, 0.6) is 0 Å². The van der Waals surface area contributed by atoms with Crippen LogP contribution in [0.15, 0.2) is 24.3 Å². The van der Waals surface area contributed by atoms with Crippen molar-refractivity contribution in [1.29, 1.82) is 0 Å². The number of aliphatic carboxylic acids is 1. The van der Waals surface area contributed by atoms with Crippen molar-refractivity contribution in [2.75, 3.05) is 5.73 Å². The highest BCUT2D eigenvalue weighted by atomic mass is 16.4. The summed E-state index contributed by atoms with van der Waals surface area (Å²) in [6.45, 7) is 0. The average Bonchev–Trinajstić information content (AvgIpc) is 2.20. The van der Waals surface area contributed by atoms with Crippen molar-refractivity contribution in [3.63, 3.8) is 0 Å². The lowest BCUT2D eigenvalue weighted by atomic mass is 10.1. The van der Waals surface area contributed by atoms with Gasteiger partial charge in [0.1, 0.15) is 0 Å². The smallest absolute Gasteiger partial charge is 0.335 e. The third-order valence-electron chi connectivity index (χ3n) is 1.92. The van der Waals surface area contributed by atoms with Gasteiger partial charge in [0.25, 0.3) is 0 Å². The lowest BCUT2D eigenvalue weighted by Crippen LogP contribution is -1.98. The molecule has 0 aliphatic rings. The minimum Gasteiger partial charge on any atom is -0.481 e. The molecule has 0 amide bonds. The van der Waals surface area contributed by atoms with Crippen LogP contribution in [0.25, 0.3) is 6.08 Å². The Bertz CT molecular complexity index is 451. The second-order valence-electron chi connectivity index (χ2n) is 3.15.